The van der Waals surface area contributed by atoms with Crippen molar-refractivity contribution in [3.63, 3.8) is 0 Å². The zero-order valence-electron chi connectivity index (χ0n) is 20.0. The highest BCUT2D eigenvalue weighted by molar-refractivity contribution is 6.22. The van der Waals surface area contributed by atoms with Crippen molar-refractivity contribution in [1.29, 1.82) is 5.26 Å². The van der Waals surface area contributed by atoms with Crippen LogP contribution in [0.5, 0.6) is 0 Å². The van der Waals surface area contributed by atoms with Gasteiger partial charge in [-0.1, -0.05) is 24.3 Å². The van der Waals surface area contributed by atoms with Crippen LogP contribution in [0.2, 0.25) is 0 Å². The van der Waals surface area contributed by atoms with Crippen LogP contribution in [0.4, 0.5) is 15.8 Å². The second kappa shape index (κ2) is 8.45. The number of hydrogen-bond acceptors (Lipinski definition) is 4. The van der Waals surface area contributed by atoms with E-state index in [4.69, 9.17) is 0 Å². The highest BCUT2D eigenvalue weighted by Crippen LogP contribution is 2.58. The molecule has 1 spiro atoms. The second-order valence-electron chi connectivity index (χ2n) is 9.28. The Morgan fingerprint density at radius 2 is 1.76 bits per heavy atom. The van der Waals surface area contributed by atoms with E-state index >= 15 is 0 Å². The Morgan fingerprint density at radius 3 is 2.46 bits per heavy atom. The molecular formula is C30H23FN4O2. The monoisotopic (exact) mass is 490 g/mol. The van der Waals surface area contributed by atoms with Gasteiger partial charge in [-0.15, -0.1) is 6.58 Å². The molecule has 1 aliphatic carbocycles. The second-order valence-corrected chi connectivity index (χ2v) is 9.28. The molecule has 3 aliphatic rings. The Labute approximate surface area is 213 Å². The molecule has 0 unspecified atom stereocenters. The molecule has 0 saturated carbocycles. The predicted molar refractivity (Wildman–Crippen MR) is 139 cm³/mol. The molecule has 7 heteroatoms. The number of nitrogens with zero attached hydrogens (tertiary/aromatic N) is 4. The normalized spacial score (nSPS) is 20.9. The van der Waals surface area contributed by atoms with E-state index in [-0.39, 0.29) is 30.2 Å². The molecule has 0 bridgehead atoms. The van der Waals surface area contributed by atoms with Crippen LogP contribution in [-0.2, 0) is 15.0 Å². The zero-order valence-corrected chi connectivity index (χ0v) is 20.0. The van der Waals surface area contributed by atoms with Gasteiger partial charge in [0.15, 0.2) is 5.78 Å². The van der Waals surface area contributed by atoms with Gasteiger partial charge in [0, 0.05) is 53.6 Å². The first kappa shape index (κ1) is 22.7. The summed E-state index contributed by atoms with van der Waals surface area (Å²) in [5.41, 5.74) is 1.45. The van der Waals surface area contributed by atoms with Gasteiger partial charge >= 0.3 is 0 Å². The topological polar surface area (TPSA) is 69.3 Å². The lowest BCUT2D eigenvalue weighted by molar-refractivity contribution is -0.124. The summed E-state index contributed by atoms with van der Waals surface area (Å²) >= 11 is 0. The number of halogens is 1. The van der Waals surface area contributed by atoms with E-state index in [1.807, 2.05) is 41.3 Å². The Balaban J connectivity index is 1.78. The molecule has 2 aromatic carbocycles. The van der Waals surface area contributed by atoms with E-state index in [1.165, 1.54) is 12.1 Å². The first-order chi connectivity index (χ1) is 18.0. The predicted octanol–water partition coefficient (Wildman–Crippen LogP) is 5.32. The molecule has 6 nitrogen and oxygen atoms in total. The number of para-hydroxylation sites is 1. The zero-order chi connectivity index (χ0) is 25.7. The van der Waals surface area contributed by atoms with Crippen LogP contribution in [0, 0.1) is 17.1 Å². The summed E-state index contributed by atoms with van der Waals surface area (Å²) in [6.45, 7) is 4.07. The van der Waals surface area contributed by atoms with E-state index in [0.717, 1.165) is 0 Å². The molecule has 3 aromatic rings. The molecule has 1 aromatic heterocycles. The fourth-order valence-corrected chi connectivity index (χ4v) is 5.98. The number of allylic oxidation sites excluding steroid dienone is 1. The van der Waals surface area contributed by atoms with Crippen molar-refractivity contribution >= 4 is 28.9 Å². The van der Waals surface area contributed by atoms with E-state index in [2.05, 4.69) is 12.6 Å². The SMILES string of the molecule is C=CCN1C(=O)[C@@]2(C(C#N)=C(n3cccc3)N(c3ccc(F)cc3)C3=C2C(=O)CCC3)c2ccccc21. The van der Waals surface area contributed by atoms with Gasteiger partial charge in [0.2, 0.25) is 5.91 Å². The summed E-state index contributed by atoms with van der Waals surface area (Å²) in [5, 5.41) is 10.8. The Kier molecular flexibility index (Phi) is 5.20. The van der Waals surface area contributed by atoms with E-state index in [1.54, 1.807) is 40.1 Å². The number of carbonyl (C=O) groups excluding carboxylic acids is 2. The van der Waals surface area contributed by atoms with E-state index < -0.39 is 11.2 Å². The number of ketones is 1. The third-order valence-electron chi connectivity index (χ3n) is 7.36. The molecule has 182 valence electrons. The molecule has 0 saturated heterocycles. The summed E-state index contributed by atoms with van der Waals surface area (Å²) < 4.78 is 15.7. The minimum Gasteiger partial charge on any atom is -0.309 e. The number of anilines is 2. The van der Waals surface area contributed by atoms with Crippen molar-refractivity contribution < 1.29 is 14.0 Å². The van der Waals surface area contributed by atoms with Gasteiger partial charge < -0.3 is 9.47 Å². The van der Waals surface area contributed by atoms with Crippen LogP contribution in [-0.4, -0.2) is 22.8 Å². The third kappa shape index (κ3) is 3.02. The lowest BCUT2D eigenvalue weighted by atomic mass is 9.63. The first-order valence-electron chi connectivity index (χ1n) is 12.2. The van der Waals surface area contributed by atoms with Gasteiger partial charge in [0.1, 0.15) is 23.1 Å². The number of amides is 1. The van der Waals surface area contributed by atoms with Crippen molar-refractivity contribution in [2.45, 2.75) is 24.7 Å². The quantitative estimate of drug-likeness (QED) is 0.465. The number of carbonyl (C=O) groups is 2. The van der Waals surface area contributed by atoms with Crippen LogP contribution < -0.4 is 9.80 Å². The molecule has 37 heavy (non-hydrogen) atoms. The van der Waals surface area contributed by atoms with Gasteiger partial charge in [-0.2, -0.15) is 5.26 Å². The largest absolute Gasteiger partial charge is 0.309 e. The van der Waals surface area contributed by atoms with Crippen molar-refractivity contribution in [3.8, 4) is 6.07 Å². The maximum absolute atomic E-state index is 14.5. The smallest absolute Gasteiger partial charge is 0.248 e. The molecule has 2 aliphatic heterocycles. The van der Waals surface area contributed by atoms with Gasteiger partial charge in [-0.25, -0.2) is 4.39 Å². The minimum atomic E-state index is -1.59. The minimum absolute atomic E-state index is 0.156. The number of Topliss-reactive ketones (excluding diaryl/α,β-unsaturated/α-hetero) is 1. The number of fused-ring (bicyclic) bond motifs is 3. The summed E-state index contributed by atoms with van der Waals surface area (Å²) in [6, 6.07) is 19.3. The van der Waals surface area contributed by atoms with Crippen molar-refractivity contribution in [3.05, 3.63) is 114 Å². The summed E-state index contributed by atoms with van der Waals surface area (Å²) in [7, 11) is 0. The molecule has 0 radical (unpaired) electrons. The summed E-state index contributed by atoms with van der Waals surface area (Å²) in [5.74, 6) is -0.429. The fraction of sp³-hybridized carbons (Fsp3) is 0.167. The number of benzene rings is 2. The number of aromatic nitrogens is 1. The van der Waals surface area contributed by atoms with Crippen LogP contribution in [0.3, 0.4) is 0 Å². The Morgan fingerprint density at radius 1 is 1.03 bits per heavy atom. The van der Waals surface area contributed by atoms with Gasteiger partial charge in [-0.05, 0) is 55.3 Å². The number of hydrogen-bond donors (Lipinski definition) is 0. The molecular weight excluding hydrogens is 467 g/mol. The van der Waals surface area contributed by atoms with Crippen LogP contribution in [0.1, 0.15) is 24.8 Å². The van der Waals surface area contributed by atoms with Gasteiger partial charge in [0.05, 0.1) is 5.57 Å². The number of nitriles is 1. The molecule has 1 amide bonds. The highest BCUT2D eigenvalue weighted by atomic mass is 19.1. The Hall–Kier alpha value is -4.70. The van der Waals surface area contributed by atoms with Crippen molar-refractivity contribution in [2.24, 2.45) is 0 Å². The first-order valence-corrected chi connectivity index (χ1v) is 12.2. The van der Waals surface area contributed by atoms with Crippen LogP contribution in [0.25, 0.3) is 5.82 Å². The average Bonchev–Trinajstić information content (AvgIpc) is 3.52. The third-order valence-corrected chi connectivity index (χ3v) is 7.36. The summed E-state index contributed by atoms with van der Waals surface area (Å²) in [4.78, 5) is 31.8. The average molecular weight is 491 g/mol. The standard InChI is InChI=1S/C30H23FN4O2/c1-2-16-34-24-9-4-3-8-22(24)30(29(34)37)23(19-32)28(33-17-5-6-18-33)35(21-14-12-20(31)13-15-21)25-10-7-11-26(36)27(25)30/h2-6,8-9,12-15,17-18H,1,7,10-11,16H2/t30-/m1/s1. The Bertz CT molecular complexity index is 1560. The molecule has 0 fully saturated rings. The van der Waals surface area contributed by atoms with Gasteiger partial charge in [-0.3, -0.25) is 14.5 Å². The van der Waals surface area contributed by atoms with E-state index in [0.29, 0.717) is 46.9 Å². The highest BCUT2D eigenvalue weighted by Gasteiger charge is 2.62. The maximum Gasteiger partial charge on any atom is 0.248 e. The van der Waals surface area contributed by atoms with Gasteiger partial charge in [0.25, 0.3) is 0 Å². The molecule has 3 heterocycles. The molecule has 6 rings (SSSR count). The fourth-order valence-electron chi connectivity index (χ4n) is 5.98. The van der Waals surface area contributed by atoms with Crippen LogP contribution in [0.15, 0.2) is 103 Å². The van der Waals surface area contributed by atoms with E-state index in [9.17, 15) is 19.2 Å². The lowest BCUT2D eigenvalue weighted by Crippen LogP contribution is -2.51. The van der Waals surface area contributed by atoms with Crippen molar-refractivity contribution in [1.82, 2.24) is 4.57 Å². The van der Waals surface area contributed by atoms with Crippen molar-refractivity contribution in [2.75, 3.05) is 16.3 Å². The summed E-state index contributed by atoms with van der Waals surface area (Å²) in [6.07, 6.45) is 6.67. The van der Waals surface area contributed by atoms with Crippen LogP contribution >= 0.6 is 0 Å². The lowest BCUT2D eigenvalue weighted by Gasteiger charge is -2.45. The number of rotatable bonds is 4. The molecule has 0 N–H and O–H groups in total. The molecule has 1 atom stereocenters. The maximum atomic E-state index is 14.5.